The minimum Gasteiger partial charge on any atom is -0.333 e. The average Bonchev–Trinajstić information content (AvgIpc) is 3.57. The van der Waals surface area contributed by atoms with Crippen LogP contribution in [0.25, 0.3) is 12.2 Å². The number of aldehydes is 1. The van der Waals surface area contributed by atoms with E-state index >= 15 is 0 Å². The largest absolute Gasteiger partial charge is 0.333 e. The van der Waals surface area contributed by atoms with Crippen LogP contribution in [0.4, 0.5) is 4.39 Å². The summed E-state index contributed by atoms with van der Waals surface area (Å²) in [5.74, 6) is 1.56. The van der Waals surface area contributed by atoms with E-state index in [1.54, 1.807) is 30.5 Å². The first-order valence-corrected chi connectivity index (χ1v) is 11.7. The fraction of sp³-hybridized carbons (Fsp3) is 0.607. The Hall–Kier alpha value is -1.74. The number of hydrogen-bond acceptors (Lipinski definition) is 2. The molecule has 0 amide bonds. The van der Waals surface area contributed by atoms with E-state index in [9.17, 15) is 4.39 Å². The molecule has 1 aromatic carbocycles. The Balaban J connectivity index is 0.000000692. The molecule has 2 N–H and O–H groups in total. The quantitative estimate of drug-likeness (QED) is 0.494. The van der Waals surface area contributed by atoms with Gasteiger partial charge in [-0.25, -0.2) is 4.39 Å². The van der Waals surface area contributed by atoms with Crippen molar-refractivity contribution in [2.75, 3.05) is 7.05 Å². The number of rotatable bonds is 4. The molecule has 1 atom stereocenters. The molecule has 0 aliphatic heterocycles. The Morgan fingerprint density at radius 1 is 1.26 bits per heavy atom. The Kier molecular flexibility index (Phi) is 13.5. The van der Waals surface area contributed by atoms with E-state index < -0.39 is 5.67 Å². The maximum absolute atomic E-state index is 12.1. The van der Waals surface area contributed by atoms with Crippen LogP contribution in [-0.4, -0.2) is 19.0 Å². The molecule has 2 nitrogen and oxygen atoms in total. The molecule has 0 aromatic heterocycles. The van der Waals surface area contributed by atoms with Gasteiger partial charge in [0.25, 0.3) is 0 Å². The van der Waals surface area contributed by atoms with Crippen LogP contribution in [0.1, 0.15) is 107 Å². The highest BCUT2D eigenvalue weighted by Gasteiger charge is 2.25. The summed E-state index contributed by atoms with van der Waals surface area (Å²) < 4.78 is 12.1. The lowest BCUT2D eigenvalue weighted by Gasteiger charge is -2.26. The van der Waals surface area contributed by atoms with Crippen molar-refractivity contribution in [3.63, 3.8) is 0 Å². The molecule has 2 aliphatic carbocycles. The van der Waals surface area contributed by atoms with E-state index in [0.29, 0.717) is 12.3 Å². The lowest BCUT2D eigenvalue weighted by molar-refractivity contribution is -0.106. The third kappa shape index (κ3) is 9.95. The predicted octanol–water partition coefficient (Wildman–Crippen LogP) is 7.82. The number of nitrogens with two attached hydrogens (primary N) is 1. The van der Waals surface area contributed by atoms with Gasteiger partial charge in [0.15, 0.2) is 0 Å². The van der Waals surface area contributed by atoms with Crippen molar-refractivity contribution in [2.24, 2.45) is 11.7 Å². The number of fused-ring (bicyclic) bond motifs is 1. The Morgan fingerprint density at radius 3 is 2.19 bits per heavy atom. The second-order valence-corrected chi connectivity index (χ2v) is 9.06. The third-order valence-corrected chi connectivity index (χ3v) is 5.99. The summed E-state index contributed by atoms with van der Waals surface area (Å²) in [6.07, 6.45) is 12.5. The van der Waals surface area contributed by atoms with E-state index in [4.69, 9.17) is 4.79 Å². The van der Waals surface area contributed by atoms with Gasteiger partial charge in [-0.15, -0.1) is 0 Å². The number of halogens is 1. The van der Waals surface area contributed by atoms with Gasteiger partial charge in [-0.1, -0.05) is 44.2 Å². The van der Waals surface area contributed by atoms with Gasteiger partial charge in [-0.3, -0.25) is 0 Å². The Bertz CT molecular complexity index is 724. The topological polar surface area (TPSA) is 43.1 Å². The number of carbonyl (C=O) groups excluding carboxylic acids is 1. The normalized spacial score (nSPS) is 17.5. The lowest BCUT2D eigenvalue weighted by atomic mass is 9.78. The highest BCUT2D eigenvalue weighted by molar-refractivity contribution is 5.73. The first-order chi connectivity index (χ1) is 14.6. The fourth-order valence-corrected chi connectivity index (χ4v) is 3.70. The van der Waals surface area contributed by atoms with Gasteiger partial charge >= 0.3 is 0 Å². The van der Waals surface area contributed by atoms with Crippen molar-refractivity contribution in [2.45, 2.75) is 98.6 Å². The van der Waals surface area contributed by atoms with Crippen molar-refractivity contribution in [3.05, 3.63) is 46.0 Å². The van der Waals surface area contributed by atoms with Crippen LogP contribution >= 0.6 is 0 Å². The summed E-state index contributed by atoms with van der Waals surface area (Å²) >= 11 is 0. The van der Waals surface area contributed by atoms with Crippen LogP contribution in [0, 0.1) is 12.8 Å². The summed E-state index contributed by atoms with van der Waals surface area (Å²) in [5, 5.41) is 0. The molecule has 3 rings (SSSR count). The molecular weight excluding hydrogens is 385 g/mol. The van der Waals surface area contributed by atoms with Gasteiger partial charge in [0.1, 0.15) is 12.0 Å². The SMILES string of the molecule is C=Cc1c(/C=C(\C)C2CC2)c(C)cc2c1CCCC2C.CC=O.CCC(C)(C)F.CN. The van der Waals surface area contributed by atoms with Gasteiger partial charge in [-0.05, 0) is 120 Å². The third-order valence-electron chi connectivity index (χ3n) is 5.99. The van der Waals surface area contributed by atoms with Crippen LogP contribution in [-0.2, 0) is 11.2 Å². The van der Waals surface area contributed by atoms with Gasteiger partial charge in [0.2, 0.25) is 0 Å². The fourth-order valence-electron chi connectivity index (χ4n) is 3.70. The van der Waals surface area contributed by atoms with Crippen LogP contribution < -0.4 is 5.73 Å². The van der Waals surface area contributed by atoms with Crippen molar-refractivity contribution in [1.29, 1.82) is 0 Å². The highest BCUT2D eigenvalue weighted by atomic mass is 19.1. The van der Waals surface area contributed by atoms with Crippen LogP contribution in [0.2, 0.25) is 0 Å². The maximum atomic E-state index is 12.1. The van der Waals surface area contributed by atoms with Gasteiger partial charge in [0.05, 0.1) is 0 Å². The number of carbonyl (C=O) groups is 1. The molecular formula is C28H46FNO. The lowest BCUT2D eigenvalue weighted by Crippen LogP contribution is -2.11. The summed E-state index contributed by atoms with van der Waals surface area (Å²) in [4.78, 5) is 8.81. The minimum atomic E-state index is -0.958. The average molecular weight is 432 g/mol. The van der Waals surface area contributed by atoms with Crippen molar-refractivity contribution < 1.29 is 9.18 Å². The minimum absolute atomic E-state index is 0.604. The van der Waals surface area contributed by atoms with Crippen molar-refractivity contribution >= 4 is 18.4 Å². The molecule has 0 spiro atoms. The van der Waals surface area contributed by atoms with E-state index in [1.165, 1.54) is 62.8 Å². The number of alkyl halides is 1. The van der Waals surface area contributed by atoms with Crippen LogP contribution in [0.3, 0.4) is 0 Å². The molecule has 0 heterocycles. The van der Waals surface area contributed by atoms with Gasteiger partial charge in [0, 0.05) is 0 Å². The molecule has 0 bridgehead atoms. The number of benzene rings is 1. The predicted molar refractivity (Wildman–Crippen MR) is 136 cm³/mol. The zero-order chi connectivity index (χ0) is 24.2. The molecule has 1 unspecified atom stereocenters. The van der Waals surface area contributed by atoms with Crippen LogP contribution in [0.5, 0.6) is 0 Å². The summed E-state index contributed by atoms with van der Waals surface area (Å²) in [7, 11) is 1.50. The molecule has 1 fully saturated rings. The number of allylic oxidation sites excluding steroid dienone is 1. The van der Waals surface area contributed by atoms with Crippen LogP contribution in [0.15, 0.2) is 18.2 Å². The van der Waals surface area contributed by atoms with E-state index in [-0.39, 0.29) is 0 Å². The first kappa shape index (κ1) is 29.3. The van der Waals surface area contributed by atoms with Crippen molar-refractivity contribution in [1.82, 2.24) is 0 Å². The smallest absolute Gasteiger partial charge is 0.116 e. The standard InChI is InChI=1S/C20H26.C5H11F.C2H4O.CH5N/c1-5-17-18-8-6-7-13(2)19(18)12-15(4)20(17)11-14(3)16-9-10-16;1-4-5(2,3)6;1-2-3;1-2/h5,11-13,16H,1,6-10H2,2-4H3;4H2,1-3H3;2H,1H3;2H2,1H3/b14-11+;;;. The van der Waals surface area contributed by atoms with Gasteiger partial charge in [-0.2, -0.15) is 0 Å². The molecule has 1 saturated carbocycles. The Morgan fingerprint density at radius 2 is 1.77 bits per heavy atom. The molecule has 31 heavy (non-hydrogen) atoms. The maximum Gasteiger partial charge on any atom is 0.116 e. The molecule has 2 aliphatic rings. The molecule has 3 heteroatoms. The molecule has 176 valence electrons. The number of hydrogen-bond donors (Lipinski definition) is 1. The van der Waals surface area contributed by atoms with E-state index in [0.717, 1.165) is 12.2 Å². The zero-order valence-electron chi connectivity index (χ0n) is 21.3. The second-order valence-electron chi connectivity index (χ2n) is 9.06. The Labute approximate surface area is 191 Å². The van der Waals surface area contributed by atoms with E-state index in [1.807, 2.05) is 6.92 Å². The van der Waals surface area contributed by atoms with E-state index in [2.05, 4.69) is 51.3 Å². The summed E-state index contributed by atoms with van der Waals surface area (Å²) in [6, 6.07) is 2.44. The second kappa shape index (κ2) is 14.3. The zero-order valence-corrected chi connectivity index (χ0v) is 21.3. The first-order valence-electron chi connectivity index (χ1n) is 11.7. The van der Waals surface area contributed by atoms with Crippen molar-refractivity contribution in [3.8, 4) is 0 Å². The van der Waals surface area contributed by atoms with Gasteiger partial charge < -0.3 is 10.5 Å². The molecule has 0 saturated heterocycles. The highest BCUT2D eigenvalue weighted by Crippen LogP contribution is 2.40. The molecule has 0 radical (unpaired) electrons. The molecule has 1 aromatic rings. The number of aryl methyl sites for hydroxylation is 1. The monoisotopic (exact) mass is 431 g/mol. The summed E-state index contributed by atoms with van der Waals surface area (Å²) in [6.45, 7) is 17.5. The summed E-state index contributed by atoms with van der Waals surface area (Å²) in [5.41, 5.74) is 12.5.